The highest BCUT2D eigenvalue weighted by atomic mass is 16.5. The lowest BCUT2D eigenvalue weighted by Crippen LogP contribution is -2.31. The first-order chi connectivity index (χ1) is 33.5. The number of rotatable bonds is 10. The van der Waals surface area contributed by atoms with Gasteiger partial charge in [-0.25, -0.2) is 4.98 Å². The molecule has 0 spiro atoms. The largest absolute Gasteiger partial charge is 0.458 e. The summed E-state index contributed by atoms with van der Waals surface area (Å²) in [7, 11) is 0. The van der Waals surface area contributed by atoms with E-state index in [1.54, 1.807) is 6.20 Å². The number of imidazole rings is 1. The van der Waals surface area contributed by atoms with Gasteiger partial charge in [0.05, 0.1) is 38.9 Å². The summed E-state index contributed by atoms with van der Waals surface area (Å²) in [4.78, 5) is 4.80. The summed E-state index contributed by atoms with van der Waals surface area (Å²) in [5.74, 6) is 2.07. The summed E-state index contributed by atoms with van der Waals surface area (Å²) in [6.45, 7) is 18.0. The topological polar surface area (TPSA) is 35.9 Å². The zero-order valence-corrected chi connectivity index (χ0v) is 39.1. The number of nitrogens with zero attached hydrogens (tertiary/aromatic N) is 4. The van der Waals surface area contributed by atoms with Crippen molar-refractivity contribution in [1.82, 2.24) is 14.1 Å². The molecule has 0 saturated heterocycles. The third kappa shape index (κ3) is 7.87. The average molecular weight is 867 g/mol. The SMILES string of the molecule is [2H]c1c([2H])c([2H])c2c(c1[2H])c1ccc(Oc3cccc(-n4[c-][n+](-c5c(-c6ccccc6)cccc5-c5cc(C(C)(C)C)cc(C(C)(C)C)c5)c5ccccc54)c3)cc1n2-c1cc(C(CC)CC)ccn1. The first-order valence-corrected chi connectivity index (χ1v) is 23.1. The molecule has 0 aliphatic heterocycles. The first-order valence-electron chi connectivity index (χ1n) is 25.1. The van der Waals surface area contributed by atoms with E-state index in [2.05, 4.69) is 168 Å². The van der Waals surface area contributed by atoms with Gasteiger partial charge in [-0.2, -0.15) is 0 Å². The highest BCUT2D eigenvalue weighted by Gasteiger charge is 2.25. The van der Waals surface area contributed by atoms with Crippen molar-refractivity contribution in [2.24, 2.45) is 0 Å². The van der Waals surface area contributed by atoms with Crippen LogP contribution in [-0.2, 0) is 10.8 Å². The number of para-hydroxylation sites is 4. The highest BCUT2D eigenvalue weighted by molar-refractivity contribution is 6.09. The Bertz CT molecular complexity index is 3600. The van der Waals surface area contributed by atoms with Gasteiger partial charge in [0.1, 0.15) is 17.3 Å². The predicted octanol–water partition coefficient (Wildman–Crippen LogP) is 15.8. The minimum atomic E-state index is -0.286. The fraction of sp³-hybridized carbons (Fsp3) is 0.213. The van der Waals surface area contributed by atoms with E-state index in [9.17, 15) is 0 Å². The van der Waals surface area contributed by atoms with Crippen LogP contribution in [-0.4, -0.2) is 14.1 Å². The van der Waals surface area contributed by atoms with Crippen LogP contribution in [0.4, 0.5) is 0 Å². The van der Waals surface area contributed by atoms with Crippen molar-refractivity contribution in [3.05, 3.63) is 199 Å². The molecule has 0 atom stereocenters. The zero-order valence-electron chi connectivity index (χ0n) is 43.1. The van der Waals surface area contributed by atoms with Crippen molar-refractivity contribution in [3.8, 4) is 50.9 Å². The normalized spacial score (nSPS) is 13.0. The Morgan fingerprint density at radius 2 is 1.30 bits per heavy atom. The Kier molecular flexibility index (Phi) is 9.78. The molecule has 0 bridgehead atoms. The zero-order chi connectivity index (χ0) is 49.2. The summed E-state index contributed by atoms with van der Waals surface area (Å²) in [6, 6.07) is 49.7. The van der Waals surface area contributed by atoms with Crippen LogP contribution in [0.2, 0.25) is 0 Å². The Balaban J connectivity index is 1.12. The Labute approximate surface area is 395 Å². The maximum absolute atomic E-state index is 9.11. The van der Waals surface area contributed by atoms with Crippen LogP contribution in [0.3, 0.4) is 0 Å². The number of aromatic nitrogens is 4. The molecule has 0 amide bonds. The molecule has 66 heavy (non-hydrogen) atoms. The summed E-state index contributed by atoms with van der Waals surface area (Å²) in [5, 5.41) is 1.13. The van der Waals surface area contributed by atoms with Crippen LogP contribution in [0.5, 0.6) is 11.5 Å². The van der Waals surface area contributed by atoms with Crippen LogP contribution in [0, 0.1) is 6.33 Å². The molecule has 3 aromatic heterocycles. The van der Waals surface area contributed by atoms with Crippen molar-refractivity contribution in [1.29, 1.82) is 0 Å². The molecule has 10 aromatic rings. The quantitative estimate of drug-likeness (QED) is 0.101. The molecule has 10 rings (SSSR count). The Morgan fingerprint density at radius 3 is 2.05 bits per heavy atom. The molecule has 0 radical (unpaired) electrons. The van der Waals surface area contributed by atoms with E-state index in [-0.39, 0.29) is 35.0 Å². The lowest BCUT2D eigenvalue weighted by Gasteiger charge is -2.27. The van der Waals surface area contributed by atoms with Crippen LogP contribution < -0.4 is 9.30 Å². The minimum Gasteiger partial charge on any atom is -0.458 e. The van der Waals surface area contributed by atoms with Gasteiger partial charge in [0, 0.05) is 23.0 Å². The van der Waals surface area contributed by atoms with Gasteiger partial charge < -0.3 is 4.74 Å². The van der Waals surface area contributed by atoms with E-state index in [1.807, 2.05) is 53.1 Å². The third-order valence-corrected chi connectivity index (χ3v) is 13.0. The molecule has 0 unspecified atom stereocenters. The maximum atomic E-state index is 9.11. The van der Waals surface area contributed by atoms with Gasteiger partial charge in [0.2, 0.25) is 0 Å². The summed E-state index contributed by atoms with van der Waals surface area (Å²) in [5.41, 5.74) is 13.0. The van der Waals surface area contributed by atoms with Gasteiger partial charge in [-0.3, -0.25) is 13.7 Å². The van der Waals surface area contributed by atoms with E-state index >= 15 is 0 Å². The summed E-state index contributed by atoms with van der Waals surface area (Å²) < 4.78 is 48.3. The van der Waals surface area contributed by atoms with Gasteiger partial charge >= 0.3 is 0 Å². The van der Waals surface area contributed by atoms with Crippen LogP contribution >= 0.6 is 0 Å². The molecule has 0 fully saturated rings. The van der Waals surface area contributed by atoms with Gasteiger partial charge in [0.15, 0.2) is 0 Å². The monoisotopic (exact) mass is 866 g/mol. The van der Waals surface area contributed by atoms with Crippen LogP contribution in [0.15, 0.2) is 176 Å². The Hall–Kier alpha value is -7.24. The second-order valence-electron chi connectivity index (χ2n) is 19.4. The lowest BCUT2D eigenvalue weighted by molar-refractivity contribution is -0.571. The molecular weight excluding hydrogens is 805 g/mol. The van der Waals surface area contributed by atoms with Gasteiger partial charge in [-0.1, -0.05) is 171 Å². The molecule has 328 valence electrons. The third-order valence-electron chi connectivity index (χ3n) is 13.0. The minimum absolute atomic E-state index is 0.0644. The van der Waals surface area contributed by atoms with Crippen molar-refractivity contribution < 1.29 is 14.8 Å². The molecule has 5 heteroatoms. The average Bonchev–Trinajstić information content (AvgIpc) is 3.91. The molecular formula is C61H58N4O. The molecule has 3 heterocycles. The molecule has 0 saturated carbocycles. The molecule has 0 N–H and O–H groups in total. The fourth-order valence-corrected chi connectivity index (χ4v) is 9.33. The van der Waals surface area contributed by atoms with Crippen LogP contribution in [0.1, 0.15) is 96.3 Å². The molecule has 7 aromatic carbocycles. The van der Waals surface area contributed by atoms with Crippen LogP contribution in [0.25, 0.3) is 72.3 Å². The molecule has 0 aliphatic rings. The first kappa shape index (κ1) is 38.1. The van der Waals surface area contributed by atoms with E-state index in [1.165, 1.54) is 11.1 Å². The fourth-order valence-electron chi connectivity index (χ4n) is 9.33. The van der Waals surface area contributed by atoms with Crippen molar-refractivity contribution in [3.63, 3.8) is 0 Å². The van der Waals surface area contributed by atoms with Crippen molar-refractivity contribution >= 4 is 32.8 Å². The van der Waals surface area contributed by atoms with Gasteiger partial charge in [-0.05, 0) is 117 Å². The Morgan fingerprint density at radius 1 is 0.621 bits per heavy atom. The van der Waals surface area contributed by atoms with E-state index in [0.29, 0.717) is 45.0 Å². The van der Waals surface area contributed by atoms with Crippen molar-refractivity contribution in [2.45, 2.75) is 85.0 Å². The number of hydrogen-bond acceptors (Lipinski definition) is 2. The smallest absolute Gasteiger partial charge is 0.269 e. The number of fused-ring (bicyclic) bond motifs is 4. The maximum Gasteiger partial charge on any atom is 0.269 e. The van der Waals surface area contributed by atoms with Gasteiger partial charge in [0.25, 0.3) is 6.33 Å². The van der Waals surface area contributed by atoms with E-state index in [4.69, 9.17) is 15.2 Å². The predicted molar refractivity (Wildman–Crippen MR) is 274 cm³/mol. The number of ether oxygens (including phenoxy) is 1. The standard InChI is InChI=1S/C61H58N4O/c1-9-41(10-2)43-32-33-62-58(36-43)65-54-27-15-14-24-52(54)53-31-30-49(39-57(53)65)66-48-23-18-22-47(38-48)63-40-64(56-29-17-16-28-55(56)63)59-50(42-20-12-11-13-21-42)25-19-26-51(59)44-34-45(60(3,4)5)37-46(35-44)61(6,7)8/h11-39,41H,9-10H2,1-8H3/i14D,15D,24D,27D. The number of benzene rings is 7. The summed E-state index contributed by atoms with van der Waals surface area (Å²) >= 11 is 0. The van der Waals surface area contributed by atoms with Gasteiger partial charge in [-0.15, -0.1) is 0 Å². The van der Waals surface area contributed by atoms with Crippen molar-refractivity contribution in [2.75, 3.05) is 0 Å². The van der Waals surface area contributed by atoms with E-state index < -0.39 is 0 Å². The molecule has 0 aliphatic carbocycles. The highest BCUT2D eigenvalue weighted by Crippen LogP contribution is 2.40. The molecule has 5 nitrogen and oxygen atoms in total. The second kappa shape index (κ2) is 17.0. The van der Waals surface area contributed by atoms with E-state index in [0.717, 1.165) is 63.1 Å². The second-order valence-corrected chi connectivity index (χ2v) is 19.4. The summed E-state index contributed by atoms with van der Waals surface area (Å²) in [6.07, 6.45) is 7.55. The number of pyridine rings is 1. The number of hydrogen-bond donors (Lipinski definition) is 0. The lowest BCUT2D eigenvalue weighted by atomic mass is 9.78.